The van der Waals surface area contributed by atoms with Crippen LogP contribution in [0.3, 0.4) is 0 Å². The molecule has 4 rings (SSSR count). The topological polar surface area (TPSA) is 125 Å². The molecule has 0 spiro atoms. The van der Waals surface area contributed by atoms with E-state index in [4.69, 9.17) is 5.11 Å². The lowest BCUT2D eigenvalue weighted by Gasteiger charge is -2.15. The summed E-state index contributed by atoms with van der Waals surface area (Å²) in [4.78, 5) is 24.5. The van der Waals surface area contributed by atoms with Crippen LogP contribution in [0.15, 0.2) is 79.1 Å². The van der Waals surface area contributed by atoms with Gasteiger partial charge in [0.2, 0.25) is 6.41 Å². The maximum atomic E-state index is 13.7. The highest BCUT2D eigenvalue weighted by molar-refractivity contribution is 5.91. The lowest BCUT2D eigenvalue weighted by Crippen LogP contribution is -2.19. The summed E-state index contributed by atoms with van der Waals surface area (Å²) in [5, 5.41) is 31.6. The molecule has 44 heavy (non-hydrogen) atoms. The Morgan fingerprint density at radius 3 is 2.07 bits per heavy atom. The first kappa shape index (κ1) is 33.8. The van der Waals surface area contributed by atoms with Crippen molar-refractivity contribution in [2.45, 2.75) is 58.4 Å². The van der Waals surface area contributed by atoms with Crippen LogP contribution in [-0.2, 0) is 16.1 Å². The SMILES string of the molecule is Cc1c(-c2ccc(F)cc2)c(-c2ccc(F)cc2)c(/C=C/C(O)CC(O)CC(=O)O)n1C(C)C.O=CNCc1cccnc1. The first-order chi connectivity index (χ1) is 21.0. The molecule has 0 aliphatic rings. The van der Waals surface area contributed by atoms with E-state index in [1.807, 2.05) is 32.9 Å². The fourth-order valence-electron chi connectivity index (χ4n) is 4.94. The molecule has 4 N–H and O–H groups in total. The number of nitrogens with zero attached hydrogens (tertiary/aromatic N) is 2. The second kappa shape index (κ2) is 16.3. The first-order valence-corrected chi connectivity index (χ1v) is 14.1. The third-order valence-electron chi connectivity index (χ3n) is 6.78. The minimum absolute atomic E-state index is 0.0304. The van der Waals surface area contributed by atoms with E-state index < -0.39 is 24.6 Å². The molecule has 10 heteroatoms. The number of benzene rings is 2. The van der Waals surface area contributed by atoms with Crippen molar-refractivity contribution >= 4 is 18.5 Å². The Bertz CT molecular complexity index is 1540. The highest BCUT2D eigenvalue weighted by Gasteiger charge is 2.23. The van der Waals surface area contributed by atoms with E-state index >= 15 is 0 Å². The van der Waals surface area contributed by atoms with Gasteiger partial charge in [0, 0.05) is 53.9 Å². The van der Waals surface area contributed by atoms with E-state index in [0.29, 0.717) is 13.0 Å². The zero-order valence-corrected chi connectivity index (χ0v) is 24.8. The number of aromatic nitrogens is 2. The van der Waals surface area contributed by atoms with Gasteiger partial charge in [-0.25, -0.2) is 8.78 Å². The summed E-state index contributed by atoms with van der Waals surface area (Å²) in [6.07, 6.45) is 4.51. The summed E-state index contributed by atoms with van der Waals surface area (Å²) in [5.74, 6) is -1.86. The van der Waals surface area contributed by atoms with Crippen molar-refractivity contribution in [1.29, 1.82) is 0 Å². The van der Waals surface area contributed by atoms with E-state index in [9.17, 15) is 28.6 Å². The van der Waals surface area contributed by atoms with Crippen molar-refractivity contribution in [2.75, 3.05) is 0 Å². The number of carboxylic acids is 1. The van der Waals surface area contributed by atoms with E-state index in [1.54, 1.807) is 42.7 Å². The Morgan fingerprint density at radius 2 is 1.57 bits per heavy atom. The van der Waals surface area contributed by atoms with Crippen LogP contribution in [0.2, 0.25) is 0 Å². The van der Waals surface area contributed by atoms with Gasteiger partial charge in [-0.1, -0.05) is 36.4 Å². The van der Waals surface area contributed by atoms with Gasteiger partial charge in [-0.3, -0.25) is 14.6 Å². The van der Waals surface area contributed by atoms with Crippen LogP contribution in [0, 0.1) is 18.6 Å². The Labute approximate surface area is 255 Å². The predicted molar refractivity (Wildman–Crippen MR) is 165 cm³/mol. The number of carboxylic acid groups (broad SMARTS) is 1. The van der Waals surface area contributed by atoms with Crippen LogP contribution < -0.4 is 5.32 Å². The molecule has 4 aromatic rings. The molecule has 0 bridgehead atoms. The van der Waals surface area contributed by atoms with Gasteiger partial charge < -0.3 is 25.2 Å². The van der Waals surface area contributed by atoms with Crippen molar-refractivity contribution in [3.63, 3.8) is 0 Å². The number of nitrogens with one attached hydrogen (secondary N) is 1. The lowest BCUT2D eigenvalue weighted by atomic mass is 9.94. The summed E-state index contributed by atoms with van der Waals surface area (Å²) in [7, 11) is 0. The second-order valence-corrected chi connectivity index (χ2v) is 10.5. The van der Waals surface area contributed by atoms with Crippen molar-refractivity contribution in [3.8, 4) is 22.3 Å². The summed E-state index contributed by atoms with van der Waals surface area (Å²) in [6.45, 7) is 6.54. The summed E-state index contributed by atoms with van der Waals surface area (Å²) >= 11 is 0. The number of pyridine rings is 1. The Morgan fingerprint density at radius 1 is 0.977 bits per heavy atom. The molecular formula is C34H37F2N3O5. The number of hydrogen-bond donors (Lipinski definition) is 4. The number of carbonyl (C=O) groups excluding carboxylic acids is 1. The molecule has 0 radical (unpaired) electrons. The van der Waals surface area contributed by atoms with Gasteiger partial charge in [0.15, 0.2) is 0 Å². The van der Waals surface area contributed by atoms with E-state index in [1.165, 1.54) is 30.3 Å². The molecule has 0 aliphatic heterocycles. The van der Waals surface area contributed by atoms with Crippen LogP contribution in [0.4, 0.5) is 8.78 Å². The van der Waals surface area contributed by atoms with Crippen molar-refractivity contribution in [1.82, 2.24) is 14.9 Å². The molecule has 232 valence electrons. The molecule has 2 unspecified atom stereocenters. The highest BCUT2D eigenvalue weighted by atomic mass is 19.1. The van der Waals surface area contributed by atoms with Crippen LogP contribution in [0.25, 0.3) is 28.3 Å². The molecule has 2 atom stereocenters. The predicted octanol–water partition coefficient (Wildman–Crippen LogP) is 5.92. The van der Waals surface area contributed by atoms with E-state index in [0.717, 1.165) is 39.2 Å². The maximum absolute atomic E-state index is 13.7. The number of hydrogen-bond acceptors (Lipinski definition) is 5. The van der Waals surface area contributed by atoms with Crippen LogP contribution in [0.1, 0.15) is 49.7 Å². The van der Waals surface area contributed by atoms with Crippen molar-refractivity contribution < 1.29 is 33.7 Å². The fraction of sp³-hybridized carbons (Fsp3) is 0.265. The molecular weight excluding hydrogens is 568 g/mol. The van der Waals surface area contributed by atoms with Crippen molar-refractivity contribution in [2.24, 2.45) is 0 Å². The average molecular weight is 606 g/mol. The number of aliphatic hydroxyl groups excluding tert-OH is 2. The van der Waals surface area contributed by atoms with Gasteiger partial charge in [-0.2, -0.15) is 0 Å². The number of carbonyl (C=O) groups is 2. The zero-order chi connectivity index (χ0) is 32.2. The highest BCUT2D eigenvalue weighted by Crippen LogP contribution is 2.42. The molecule has 2 heterocycles. The first-order valence-electron chi connectivity index (χ1n) is 14.1. The molecule has 0 aliphatic carbocycles. The summed E-state index contributed by atoms with van der Waals surface area (Å²) in [6, 6.07) is 16.0. The van der Waals surface area contributed by atoms with Crippen LogP contribution >= 0.6 is 0 Å². The van der Waals surface area contributed by atoms with Gasteiger partial charge in [0.05, 0.1) is 18.6 Å². The molecule has 0 fully saturated rings. The molecule has 2 aromatic heterocycles. The van der Waals surface area contributed by atoms with E-state index in [-0.39, 0.29) is 24.1 Å². The van der Waals surface area contributed by atoms with Gasteiger partial charge in [-0.05, 0) is 73.9 Å². The Balaban J connectivity index is 0.000000448. The molecule has 0 saturated heterocycles. The molecule has 0 saturated carbocycles. The third kappa shape index (κ3) is 9.42. The van der Waals surface area contributed by atoms with Crippen molar-refractivity contribution in [3.05, 3.63) is 108 Å². The number of rotatable bonds is 12. The standard InChI is InChI=1S/C27H29F2NO4.C7H8N2O/c1-16(2)30-17(3)26(18-4-8-20(28)9-5-18)27(19-6-10-21(29)11-7-19)24(30)13-12-22(31)14-23(32)15-25(33)34;10-6-9-5-7-2-1-3-8-4-7/h4-13,16,22-23,31-32H,14-15H2,1-3H3,(H,33,34);1-4,6H,5H2,(H,9,10)/b13-12+;. The molecule has 8 nitrogen and oxygen atoms in total. The maximum Gasteiger partial charge on any atom is 0.305 e. The minimum atomic E-state index is -1.18. The quantitative estimate of drug-likeness (QED) is 0.149. The third-order valence-corrected chi connectivity index (χ3v) is 6.78. The molecule has 1 amide bonds. The normalized spacial score (nSPS) is 12.5. The van der Waals surface area contributed by atoms with Gasteiger partial charge in [0.1, 0.15) is 11.6 Å². The number of halogens is 2. The van der Waals surface area contributed by atoms with Gasteiger partial charge in [0.25, 0.3) is 0 Å². The summed E-state index contributed by atoms with van der Waals surface area (Å²) < 4.78 is 29.4. The lowest BCUT2D eigenvalue weighted by molar-refractivity contribution is -0.139. The smallest absolute Gasteiger partial charge is 0.305 e. The Kier molecular flexibility index (Phi) is 12.5. The summed E-state index contributed by atoms with van der Waals surface area (Å²) in [5.41, 5.74) is 5.89. The molecule has 2 aromatic carbocycles. The number of amides is 1. The fourth-order valence-corrected chi connectivity index (χ4v) is 4.94. The average Bonchev–Trinajstić information content (AvgIpc) is 3.28. The number of aliphatic carboxylic acids is 1. The Hall–Kier alpha value is -4.67. The number of aliphatic hydroxyl groups is 2. The van der Waals surface area contributed by atoms with Crippen LogP contribution in [-0.4, -0.2) is 49.5 Å². The van der Waals surface area contributed by atoms with E-state index in [2.05, 4.69) is 14.9 Å². The minimum Gasteiger partial charge on any atom is -0.481 e. The second-order valence-electron chi connectivity index (χ2n) is 10.5. The van der Waals surface area contributed by atoms with Gasteiger partial charge in [-0.15, -0.1) is 0 Å². The van der Waals surface area contributed by atoms with Gasteiger partial charge >= 0.3 is 5.97 Å². The zero-order valence-electron chi connectivity index (χ0n) is 24.8. The monoisotopic (exact) mass is 605 g/mol. The largest absolute Gasteiger partial charge is 0.481 e. The van der Waals surface area contributed by atoms with Crippen LogP contribution in [0.5, 0.6) is 0 Å².